The molecule has 0 saturated heterocycles. The van der Waals surface area contributed by atoms with Gasteiger partial charge in [0.25, 0.3) is 0 Å². The Kier molecular flexibility index (Phi) is 7.15. The molecule has 0 aliphatic rings. The van der Waals surface area contributed by atoms with E-state index in [-0.39, 0.29) is 0 Å². The average Bonchev–Trinajstić information content (AvgIpc) is 2.56. The lowest BCUT2D eigenvalue weighted by Gasteiger charge is -2.13. The highest BCUT2D eigenvalue weighted by atomic mass is 16.5. The molecule has 0 spiro atoms. The van der Waals surface area contributed by atoms with Crippen molar-refractivity contribution in [2.75, 3.05) is 13.7 Å². The fourth-order valence-electron chi connectivity index (χ4n) is 2.82. The van der Waals surface area contributed by atoms with Gasteiger partial charge in [-0.1, -0.05) is 50.2 Å². The molecule has 2 nitrogen and oxygen atoms in total. The van der Waals surface area contributed by atoms with E-state index in [1.165, 1.54) is 16.7 Å². The molecule has 124 valence electrons. The fraction of sp³-hybridized carbons (Fsp3) is 0.429. The smallest absolute Gasteiger partial charge is 0.118 e. The van der Waals surface area contributed by atoms with Gasteiger partial charge in [-0.25, -0.2) is 0 Å². The lowest BCUT2D eigenvalue weighted by molar-refractivity contribution is 0.121. The second-order valence-corrected chi connectivity index (χ2v) is 6.23. The van der Waals surface area contributed by atoms with Crippen LogP contribution in [0.3, 0.4) is 0 Å². The van der Waals surface area contributed by atoms with Crippen molar-refractivity contribution in [3.63, 3.8) is 0 Å². The minimum atomic E-state index is 0.607. The summed E-state index contributed by atoms with van der Waals surface area (Å²) in [5.41, 5.74) is 4.02. The third-order valence-electron chi connectivity index (χ3n) is 3.94. The van der Waals surface area contributed by atoms with E-state index in [1.54, 1.807) is 7.11 Å². The van der Waals surface area contributed by atoms with Gasteiger partial charge >= 0.3 is 0 Å². The minimum Gasteiger partial charge on any atom is -0.497 e. The van der Waals surface area contributed by atoms with Crippen LogP contribution in [0.4, 0.5) is 0 Å². The van der Waals surface area contributed by atoms with Crippen LogP contribution >= 0.6 is 0 Å². The molecule has 2 heteroatoms. The molecule has 2 aromatic carbocycles. The number of hydrogen-bond acceptors (Lipinski definition) is 2. The molecule has 1 atom stereocenters. The molecule has 2 rings (SSSR count). The maximum Gasteiger partial charge on any atom is 0.118 e. The van der Waals surface area contributed by atoms with Gasteiger partial charge in [-0.05, 0) is 54.0 Å². The van der Waals surface area contributed by atoms with Gasteiger partial charge in [-0.15, -0.1) is 0 Å². The molecular weight excluding hydrogens is 284 g/mol. The van der Waals surface area contributed by atoms with Crippen LogP contribution in [0.1, 0.15) is 37.0 Å². The van der Waals surface area contributed by atoms with Crippen molar-refractivity contribution in [1.29, 1.82) is 0 Å². The summed E-state index contributed by atoms with van der Waals surface area (Å²) < 4.78 is 10.8. The van der Waals surface area contributed by atoms with Gasteiger partial charge in [0.1, 0.15) is 5.75 Å². The van der Waals surface area contributed by atoms with Gasteiger partial charge < -0.3 is 9.47 Å². The lowest BCUT2D eigenvalue weighted by atomic mass is 9.93. The maximum atomic E-state index is 5.63. The molecule has 0 bridgehead atoms. The zero-order valence-electron chi connectivity index (χ0n) is 14.5. The highest BCUT2D eigenvalue weighted by Crippen LogP contribution is 2.18. The topological polar surface area (TPSA) is 18.5 Å². The summed E-state index contributed by atoms with van der Waals surface area (Å²) in [5, 5.41) is 0. The zero-order chi connectivity index (χ0) is 16.5. The normalized spacial score (nSPS) is 12.1. The molecule has 0 aliphatic heterocycles. The Morgan fingerprint density at radius 1 is 0.913 bits per heavy atom. The summed E-state index contributed by atoms with van der Waals surface area (Å²) in [6.07, 6.45) is 3.24. The Balaban J connectivity index is 1.88. The van der Waals surface area contributed by atoms with Crippen molar-refractivity contribution in [3.05, 3.63) is 65.2 Å². The second kappa shape index (κ2) is 9.36. The van der Waals surface area contributed by atoms with Crippen molar-refractivity contribution in [3.8, 4) is 5.75 Å². The molecule has 0 saturated carbocycles. The van der Waals surface area contributed by atoms with Crippen LogP contribution in [0, 0.1) is 5.92 Å². The van der Waals surface area contributed by atoms with E-state index in [2.05, 4.69) is 50.2 Å². The minimum absolute atomic E-state index is 0.607. The van der Waals surface area contributed by atoms with E-state index < -0.39 is 0 Å². The number of methoxy groups -OCH3 is 1. The third-order valence-corrected chi connectivity index (χ3v) is 3.94. The molecule has 0 N–H and O–H groups in total. The van der Waals surface area contributed by atoms with E-state index in [0.29, 0.717) is 12.5 Å². The van der Waals surface area contributed by atoms with Gasteiger partial charge in [-0.3, -0.25) is 0 Å². The summed E-state index contributed by atoms with van der Waals surface area (Å²) in [5.74, 6) is 1.52. The first kappa shape index (κ1) is 17.6. The standard InChI is InChI=1S/C21H28O2/c1-4-12-23-16-20-7-5-6-19(15-20)14-17(2)13-18-8-10-21(22-3)11-9-18/h5-11,15,17H,4,12-14,16H2,1-3H3. The van der Waals surface area contributed by atoms with Gasteiger partial charge in [0.15, 0.2) is 0 Å². The summed E-state index contributed by atoms with van der Waals surface area (Å²) in [7, 11) is 1.70. The first-order valence-electron chi connectivity index (χ1n) is 8.49. The maximum absolute atomic E-state index is 5.63. The highest BCUT2D eigenvalue weighted by Gasteiger charge is 2.06. The van der Waals surface area contributed by atoms with Crippen molar-refractivity contribution in [1.82, 2.24) is 0 Å². The predicted octanol–water partition coefficient (Wildman–Crippen LogP) is 5.04. The van der Waals surface area contributed by atoms with Gasteiger partial charge in [-0.2, -0.15) is 0 Å². The number of ether oxygens (including phenoxy) is 2. The summed E-state index contributed by atoms with van der Waals surface area (Å²) in [6, 6.07) is 17.2. The molecule has 0 heterocycles. The predicted molar refractivity (Wildman–Crippen MR) is 96.0 cm³/mol. The number of hydrogen-bond donors (Lipinski definition) is 0. The van der Waals surface area contributed by atoms with Crippen LogP contribution < -0.4 is 4.74 Å². The van der Waals surface area contributed by atoms with E-state index in [4.69, 9.17) is 9.47 Å². The quantitative estimate of drug-likeness (QED) is 0.604. The van der Waals surface area contributed by atoms with E-state index in [0.717, 1.165) is 31.6 Å². The van der Waals surface area contributed by atoms with Gasteiger partial charge in [0.05, 0.1) is 13.7 Å². The van der Waals surface area contributed by atoms with Crippen LogP contribution in [0.5, 0.6) is 5.75 Å². The van der Waals surface area contributed by atoms with Gasteiger partial charge in [0.2, 0.25) is 0 Å². The summed E-state index contributed by atoms with van der Waals surface area (Å²) >= 11 is 0. The van der Waals surface area contributed by atoms with Crippen LogP contribution in [-0.2, 0) is 24.2 Å². The molecule has 1 unspecified atom stereocenters. The zero-order valence-corrected chi connectivity index (χ0v) is 14.5. The van der Waals surface area contributed by atoms with Gasteiger partial charge in [0, 0.05) is 6.61 Å². The monoisotopic (exact) mass is 312 g/mol. The number of rotatable bonds is 9. The van der Waals surface area contributed by atoms with E-state index in [9.17, 15) is 0 Å². The highest BCUT2D eigenvalue weighted by molar-refractivity contribution is 5.28. The van der Waals surface area contributed by atoms with Crippen LogP contribution in [0.2, 0.25) is 0 Å². The fourth-order valence-corrected chi connectivity index (χ4v) is 2.82. The Hall–Kier alpha value is -1.80. The molecule has 23 heavy (non-hydrogen) atoms. The molecule has 0 aliphatic carbocycles. The Morgan fingerprint density at radius 2 is 1.61 bits per heavy atom. The Bertz CT molecular complexity index is 575. The summed E-state index contributed by atoms with van der Waals surface area (Å²) in [6.45, 7) is 5.99. The van der Waals surface area contributed by atoms with Crippen LogP contribution in [0.25, 0.3) is 0 Å². The van der Waals surface area contributed by atoms with Crippen LogP contribution in [0.15, 0.2) is 48.5 Å². The van der Waals surface area contributed by atoms with Crippen molar-refractivity contribution in [2.45, 2.75) is 39.7 Å². The second-order valence-electron chi connectivity index (χ2n) is 6.23. The van der Waals surface area contributed by atoms with E-state index in [1.807, 2.05) is 12.1 Å². The molecule has 0 radical (unpaired) electrons. The molecule has 0 amide bonds. The SMILES string of the molecule is CCCOCc1cccc(CC(C)Cc2ccc(OC)cc2)c1. The molecule has 0 aromatic heterocycles. The van der Waals surface area contributed by atoms with Crippen molar-refractivity contribution < 1.29 is 9.47 Å². The Morgan fingerprint density at radius 3 is 2.30 bits per heavy atom. The average molecular weight is 312 g/mol. The largest absolute Gasteiger partial charge is 0.497 e. The first-order chi connectivity index (χ1) is 11.2. The Labute approximate surface area is 140 Å². The number of benzene rings is 2. The molecular formula is C21H28O2. The third kappa shape index (κ3) is 6.07. The molecule has 2 aromatic rings. The van der Waals surface area contributed by atoms with E-state index >= 15 is 0 Å². The van der Waals surface area contributed by atoms with Crippen molar-refractivity contribution >= 4 is 0 Å². The van der Waals surface area contributed by atoms with Crippen molar-refractivity contribution in [2.24, 2.45) is 5.92 Å². The lowest BCUT2D eigenvalue weighted by Crippen LogP contribution is -2.04. The molecule has 0 fully saturated rings. The summed E-state index contributed by atoms with van der Waals surface area (Å²) in [4.78, 5) is 0. The van der Waals surface area contributed by atoms with Crippen LogP contribution in [-0.4, -0.2) is 13.7 Å². The first-order valence-corrected chi connectivity index (χ1v) is 8.49.